The molecule has 0 aliphatic heterocycles. The van der Waals surface area contributed by atoms with Crippen LogP contribution in [0.1, 0.15) is 22.5 Å². The zero-order chi connectivity index (χ0) is 17.9. The summed E-state index contributed by atoms with van der Waals surface area (Å²) < 4.78 is 1.86. The second kappa shape index (κ2) is 7.81. The lowest BCUT2D eigenvalue weighted by molar-refractivity contribution is -0.129. The highest BCUT2D eigenvalue weighted by atomic mass is 35.5. The molecule has 0 spiro atoms. The Morgan fingerprint density at radius 1 is 1.33 bits per heavy atom. The molecule has 2 aromatic rings. The molecule has 1 amide bonds. The summed E-state index contributed by atoms with van der Waals surface area (Å²) in [7, 11) is 3.71. The van der Waals surface area contributed by atoms with Crippen molar-refractivity contribution >= 4 is 17.5 Å². The molecule has 0 aliphatic carbocycles. The number of hydrogen-bond donors (Lipinski definition) is 1. The average Bonchev–Trinajstić information content (AvgIpc) is 2.83. The number of nitrogens with zero attached hydrogens (tertiary/aromatic N) is 3. The Morgan fingerprint density at radius 3 is 2.67 bits per heavy atom. The topological polar surface area (TPSA) is 50.2 Å². The molecule has 1 aromatic heterocycles. The van der Waals surface area contributed by atoms with E-state index in [1.54, 1.807) is 4.90 Å². The van der Waals surface area contributed by atoms with E-state index in [1.165, 1.54) is 0 Å². The van der Waals surface area contributed by atoms with E-state index in [2.05, 4.69) is 10.4 Å². The number of aryl methyl sites for hydroxylation is 2. The van der Waals surface area contributed by atoms with Gasteiger partial charge in [-0.15, -0.1) is 0 Å². The molecule has 0 fully saturated rings. The summed E-state index contributed by atoms with van der Waals surface area (Å²) in [5.41, 5.74) is 4.77. The van der Waals surface area contributed by atoms with Gasteiger partial charge in [0.15, 0.2) is 0 Å². The first-order valence-corrected chi connectivity index (χ1v) is 8.43. The minimum Gasteiger partial charge on any atom is -0.344 e. The van der Waals surface area contributed by atoms with Crippen molar-refractivity contribution in [1.29, 1.82) is 0 Å². The van der Waals surface area contributed by atoms with Gasteiger partial charge in [-0.25, -0.2) is 4.68 Å². The minimum atomic E-state index is 0.0953. The van der Waals surface area contributed by atoms with Crippen LogP contribution in [0.25, 0.3) is 5.69 Å². The van der Waals surface area contributed by atoms with Crippen molar-refractivity contribution in [2.24, 2.45) is 0 Å². The lowest BCUT2D eigenvalue weighted by Crippen LogP contribution is -2.34. The largest absolute Gasteiger partial charge is 0.344 e. The second-order valence-corrected chi connectivity index (χ2v) is 6.50. The van der Waals surface area contributed by atoms with E-state index >= 15 is 0 Å². The fourth-order valence-corrected chi connectivity index (χ4v) is 2.76. The number of aromatic nitrogens is 2. The van der Waals surface area contributed by atoms with Crippen molar-refractivity contribution in [1.82, 2.24) is 20.0 Å². The third-order valence-electron chi connectivity index (χ3n) is 4.29. The lowest BCUT2D eigenvalue weighted by Gasteiger charge is -2.17. The molecule has 2 rings (SSSR count). The van der Waals surface area contributed by atoms with Crippen molar-refractivity contribution in [2.45, 2.75) is 27.2 Å². The summed E-state index contributed by atoms with van der Waals surface area (Å²) in [6, 6.07) is 5.87. The van der Waals surface area contributed by atoms with Crippen LogP contribution in [0.15, 0.2) is 18.2 Å². The third kappa shape index (κ3) is 3.97. The Hall–Kier alpha value is -1.85. The smallest absolute Gasteiger partial charge is 0.226 e. The molecular formula is C18H25ClN4O. The van der Waals surface area contributed by atoms with Gasteiger partial charge in [0.2, 0.25) is 5.91 Å². The molecular weight excluding hydrogens is 324 g/mol. The number of benzene rings is 1. The quantitative estimate of drug-likeness (QED) is 0.873. The Balaban J connectivity index is 2.25. The van der Waals surface area contributed by atoms with E-state index in [4.69, 9.17) is 11.6 Å². The van der Waals surface area contributed by atoms with Crippen molar-refractivity contribution in [3.63, 3.8) is 0 Å². The fourth-order valence-electron chi connectivity index (χ4n) is 2.59. The number of amides is 1. The van der Waals surface area contributed by atoms with Crippen LogP contribution in [0.2, 0.25) is 5.02 Å². The highest BCUT2D eigenvalue weighted by Gasteiger charge is 2.18. The van der Waals surface area contributed by atoms with Crippen molar-refractivity contribution in [3.8, 4) is 5.69 Å². The van der Waals surface area contributed by atoms with Crippen LogP contribution in [0.4, 0.5) is 0 Å². The highest BCUT2D eigenvalue weighted by Crippen LogP contribution is 2.23. The predicted octanol–water partition coefficient (Wildman–Crippen LogP) is 2.67. The van der Waals surface area contributed by atoms with Gasteiger partial charge in [-0.1, -0.05) is 17.7 Å². The van der Waals surface area contributed by atoms with Crippen molar-refractivity contribution in [3.05, 3.63) is 45.7 Å². The lowest BCUT2D eigenvalue weighted by atomic mass is 10.1. The maximum Gasteiger partial charge on any atom is 0.226 e. The summed E-state index contributed by atoms with van der Waals surface area (Å²) in [6.07, 6.45) is 0.359. The van der Waals surface area contributed by atoms with E-state index in [1.807, 2.05) is 57.7 Å². The Morgan fingerprint density at radius 2 is 2.04 bits per heavy atom. The van der Waals surface area contributed by atoms with Crippen LogP contribution in [-0.2, 0) is 11.2 Å². The van der Waals surface area contributed by atoms with E-state index in [-0.39, 0.29) is 5.91 Å². The molecule has 1 aromatic carbocycles. The van der Waals surface area contributed by atoms with Gasteiger partial charge in [-0.2, -0.15) is 5.10 Å². The van der Waals surface area contributed by atoms with Crippen LogP contribution < -0.4 is 5.32 Å². The van der Waals surface area contributed by atoms with Gasteiger partial charge in [0.1, 0.15) is 0 Å². The molecule has 1 heterocycles. The second-order valence-electron chi connectivity index (χ2n) is 6.09. The van der Waals surface area contributed by atoms with E-state index in [0.29, 0.717) is 18.0 Å². The van der Waals surface area contributed by atoms with E-state index in [0.717, 1.165) is 34.7 Å². The van der Waals surface area contributed by atoms with Crippen LogP contribution in [-0.4, -0.2) is 47.8 Å². The predicted molar refractivity (Wildman–Crippen MR) is 98.1 cm³/mol. The molecule has 1 N–H and O–H groups in total. The summed E-state index contributed by atoms with van der Waals surface area (Å²) in [4.78, 5) is 14.2. The minimum absolute atomic E-state index is 0.0953. The van der Waals surface area contributed by atoms with Crippen LogP contribution >= 0.6 is 11.6 Å². The van der Waals surface area contributed by atoms with E-state index in [9.17, 15) is 4.79 Å². The Kier molecular flexibility index (Phi) is 6.02. The molecule has 24 heavy (non-hydrogen) atoms. The van der Waals surface area contributed by atoms with Crippen molar-refractivity contribution < 1.29 is 4.79 Å². The maximum atomic E-state index is 12.4. The SMILES string of the molecule is CNCCN(C)C(=O)Cc1c(C)nn(-c2ccc(C)c(Cl)c2)c1C. The van der Waals surface area contributed by atoms with Gasteiger partial charge in [0, 0.05) is 36.4 Å². The first-order valence-electron chi connectivity index (χ1n) is 8.05. The number of rotatable bonds is 6. The van der Waals surface area contributed by atoms with Crippen LogP contribution in [0.3, 0.4) is 0 Å². The van der Waals surface area contributed by atoms with Crippen LogP contribution in [0, 0.1) is 20.8 Å². The zero-order valence-corrected chi connectivity index (χ0v) is 15.7. The van der Waals surface area contributed by atoms with Gasteiger partial charge >= 0.3 is 0 Å². The average molecular weight is 349 g/mol. The van der Waals surface area contributed by atoms with E-state index < -0.39 is 0 Å². The number of halogens is 1. The van der Waals surface area contributed by atoms with Gasteiger partial charge in [-0.3, -0.25) is 4.79 Å². The standard InChI is InChI=1S/C18H25ClN4O/c1-12-6-7-15(10-17(12)19)23-14(3)16(13(2)21-23)11-18(24)22(5)9-8-20-4/h6-7,10,20H,8-9,11H2,1-5H3. The molecule has 0 bridgehead atoms. The summed E-state index contributed by atoms with van der Waals surface area (Å²) in [5, 5.41) is 8.37. The van der Waals surface area contributed by atoms with Crippen molar-refractivity contribution in [2.75, 3.05) is 27.2 Å². The van der Waals surface area contributed by atoms with Gasteiger partial charge in [-0.05, 0) is 45.5 Å². The summed E-state index contributed by atoms with van der Waals surface area (Å²) in [6.45, 7) is 7.37. The van der Waals surface area contributed by atoms with Crippen LogP contribution in [0.5, 0.6) is 0 Å². The molecule has 130 valence electrons. The number of likely N-dealkylation sites (N-methyl/N-ethyl adjacent to an activating group) is 2. The molecule has 5 nitrogen and oxygen atoms in total. The normalized spacial score (nSPS) is 10.9. The molecule has 0 atom stereocenters. The summed E-state index contributed by atoms with van der Waals surface area (Å²) in [5.74, 6) is 0.0953. The first-order chi connectivity index (χ1) is 11.3. The molecule has 0 saturated heterocycles. The number of carbonyl (C=O) groups is 1. The summed E-state index contributed by atoms with van der Waals surface area (Å²) >= 11 is 6.23. The maximum absolute atomic E-state index is 12.4. The first kappa shape index (κ1) is 18.5. The van der Waals surface area contributed by atoms with Gasteiger partial charge in [0.25, 0.3) is 0 Å². The molecule has 6 heteroatoms. The zero-order valence-electron chi connectivity index (χ0n) is 15.0. The third-order valence-corrected chi connectivity index (χ3v) is 4.70. The Bertz CT molecular complexity index is 739. The number of carbonyl (C=O) groups excluding carboxylic acids is 1. The molecule has 0 aliphatic rings. The number of nitrogens with one attached hydrogen (secondary N) is 1. The molecule has 0 unspecified atom stereocenters. The van der Waals surface area contributed by atoms with Gasteiger partial charge in [0.05, 0.1) is 17.8 Å². The molecule has 0 saturated carbocycles. The Labute approximate surface area is 148 Å². The fraction of sp³-hybridized carbons (Fsp3) is 0.444. The van der Waals surface area contributed by atoms with Gasteiger partial charge < -0.3 is 10.2 Å². The number of hydrogen-bond acceptors (Lipinski definition) is 3. The monoisotopic (exact) mass is 348 g/mol. The molecule has 0 radical (unpaired) electrons. The highest BCUT2D eigenvalue weighted by molar-refractivity contribution is 6.31.